The Balaban J connectivity index is 1.70. The highest BCUT2D eigenvalue weighted by Gasteiger charge is 2.45. The summed E-state index contributed by atoms with van der Waals surface area (Å²) in [6, 6.07) is 1.24. The lowest BCUT2D eigenvalue weighted by atomic mass is 9.77. The van der Waals surface area contributed by atoms with Crippen molar-refractivity contribution in [2.45, 2.75) is 75.4 Å². The molecule has 3 aliphatic rings. The molecule has 0 aromatic rings. The molecule has 4 N–H and O–H groups in total. The molecule has 108 valence electrons. The number of nitrogens with zero attached hydrogens (tertiary/aromatic N) is 1. The number of amides is 1. The molecule has 4 unspecified atom stereocenters. The van der Waals surface area contributed by atoms with E-state index in [1.54, 1.807) is 0 Å². The van der Waals surface area contributed by atoms with Crippen LogP contribution >= 0.6 is 0 Å². The fraction of sp³-hybridized carbons (Fsp3) is 0.933. The van der Waals surface area contributed by atoms with Crippen LogP contribution in [-0.2, 0) is 4.79 Å². The number of rotatable bonds is 2. The van der Waals surface area contributed by atoms with Crippen LogP contribution in [0.5, 0.6) is 0 Å². The first kappa shape index (κ1) is 13.4. The minimum Gasteiger partial charge on any atom is -0.368 e. The van der Waals surface area contributed by atoms with Gasteiger partial charge in [0.15, 0.2) is 0 Å². The smallest absolute Gasteiger partial charge is 0.237 e. The van der Waals surface area contributed by atoms with Gasteiger partial charge in [0, 0.05) is 12.1 Å². The summed E-state index contributed by atoms with van der Waals surface area (Å²) in [6.45, 7) is 1.20. The van der Waals surface area contributed by atoms with Crippen molar-refractivity contribution in [3.05, 3.63) is 0 Å². The summed E-state index contributed by atoms with van der Waals surface area (Å²) in [6.07, 6.45) is 10.8. The van der Waals surface area contributed by atoms with Crippen LogP contribution in [0.15, 0.2) is 0 Å². The predicted molar refractivity (Wildman–Crippen MR) is 75.4 cm³/mol. The monoisotopic (exact) mass is 265 g/mol. The van der Waals surface area contributed by atoms with Crippen LogP contribution in [0.2, 0.25) is 0 Å². The third-order valence-electron chi connectivity index (χ3n) is 5.77. The Morgan fingerprint density at radius 1 is 1.11 bits per heavy atom. The summed E-state index contributed by atoms with van der Waals surface area (Å²) in [7, 11) is 0. The van der Waals surface area contributed by atoms with Crippen LogP contribution in [0, 0.1) is 5.92 Å². The Hall–Kier alpha value is -0.610. The molecule has 4 heteroatoms. The maximum absolute atomic E-state index is 11.5. The first-order valence-corrected chi connectivity index (χ1v) is 7.95. The van der Waals surface area contributed by atoms with Gasteiger partial charge in [0.05, 0.1) is 5.54 Å². The van der Waals surface area contributed by atoms with Crippen molar-refractivity contribution in [1.82, 2.24) is 4.90 Å². The van der Waals surface area contributed by atoms with Crippen LogP contribution < -0.4 is 11.5 Å². The first-order chi connectivity index (χ1) is 9.10. The molecule has 1 saturated heterocycles. The van der Waals surface area contributed by atoms with E-state index in [0.29, 0.717) is 6.04 Å². The molecule has 1 amide bonds. The number of piperidine rings is 1. The van der Waals surface area contributed by atoms with E-state index < -0.39 is 5.54 Å². The van der Waals surface area contributed by atoms with E-state index in [1.165, 1.54) is 45.1 Å². The van der Waals surface area contributed by atoms with E-state index in [1.807, 2.05) is 0 Å². The first-order valence-electron chi connectivity index (χ1n) is 7.95. The molecule has 0 aromatic heterocycles. The fourth-order valence-corrected chi connectivity index (χ4v) is 4.67. The molecule has 0 spiro atoms. The van der Waals surface area contributed by atoms with Gasteiger partial charge in [0.25, 0.3) is 0 Å². The zero-order valence-electron chi connectivity index (χ0n) is 11.8. The van der Waals surface area contributed by atoms with Crippen LogP contribution in [0.1, 0.15) is 57.8 Å². The van der Waals surface area contributed by atoms with Crippen LogP contribution in [0.25, 0.3) is 0 Å². The molecular weight excluding hydrogens is 238 g/mol. The molecule has 0 aromatic carbocycles. The van der Waals surface area contributed by atoms with Gasteiger partial charge in [-0.1, -0.05) is 12.8 Å². The third-order valence-corrected chi connectivity index (χ3v) is 5.77. The van der Waals surface area contributed by atoms with Gasteiger partial charge in [-0.3, -0.25) is 9.69 Å². The number of primary amides is 1. The summed E-state index contributed by atoms with van der Waals surface area (Å²) in [5.74, 6) is 0.580. The van der Waals surface area contributed by atoms with Gasteiger partial charge in [-0.05, 0) is 57.4 Å². The molecule has 4 nitrogen and oxygen atoms in total. The molecule has 0 bridgehead atoms. The summed E-state index contributed by atoms with van der Waals surface area (Å²) in [5.41, 5.74) is 10.9. The van der Waals surface area contributed by atoms with Crippen LogP contribution in [0.3, 0.4) is 0 Å². The van der Waals surface area contributed by atoms with Gasteiger partial charge in [0.2, 0.25) is 5.91 Å². The van der Waals surface area contributed by atoms with Gasteiger partial charge in [-0.2, -0.15) is 0 Å². The van der Waals surface area contributed by atoms with Crippen molar-refractivity contribution in [3.8, 4) is 0 Å². The predicted octanol–water partition coefficient (Wildman–Crippen LogP) is 1.38. The van der Waals surface area contributed by atoms with Gasteiger partial charge in [-0.25, -0.2) is 0 Å². The molecule has 1 aliphatic heterocycles. The zero-order chi connectivity index (χ0) is 13.5. The summed E-state index contributed by atoms with van der Waals surface area (Å²) < 4.78 is 0. The highest BCUT2D eigenvalue weighted by molar-refractivity contribution is 5.84. The standard InChI is InChI=1S/C15H27N3O/c16-14(19)15(17)8-7-12(10-15)18-9-3-5-11-4-1-2-6-13(11)18/h11-13H,1-10,17H2,(H2,16,19). The van der Waals surface area contributed by atoms with E-state index in [9.17, 15) is 4.79 Å². The quantitative estimate of drug-likeness (QED) is 0.792. The van der Waals surface area contributed by atoms with Crippen molar-refractivity contribution in [2.24, 2.45) is 17.4 Å². The number of likely N-dealkylation sites (tertiary alicyclic amines) is 1. The second kappa shape index (κ2) is 5.06. The lowest BCUT2D eigenvalue weighted by Crippen LogP contribution is -2.54. The van der Waals surface area contributed by atoms with Crippen LogP contribution in [-0.4, -0.2) is 35.0 Å². The van der Waals surface area contributed by atoms with Crippen molar-refractivity contribution < 1.29 is 4.79 Å². The lowest BCUT2D eigenvalue weighted by Gasteiger charge is -2.47. The topological polar surface area (TPSA) is 72.3 Å². The Kier molecular flexibility index (Phi) is 3.56. The Morgan fingerprint density at radius 2 is 1.84 bits per heavy atom. The van der Waals surface area contributed by atoms with E-state index in [-0.39, 0.29) is 5.91 Å². The number of hydrogen-bond acceptors (Lipinski definition) is 3. The largest absolute Gasteiger partial charge is 0.368 e. The molecule has 4 atom stereocenters. The van der Waals surface area contributed by atoms with Gasteiger partial charge in [-0.15, -0.1) is 0 Å². The molecule has 2 saturated carbocycles. The zero-order valence-corrected chi connectivity index (χ0v) is 11.8. The molecule has 0 radical (unpaired) electrons. The fourth-order valence-electron chi connectivity index (χ4n) is 4.67. The Labute approximate surface area is 115 Å². The lowest BCUT2D eigenvalue weighted by molar-refractivity contribution is -0.123. The number of carbonyl (C=O) groups excluding carboxylic acids is 1. The number of fused-ring (bicyclic) bond motifs is 1. The van der Waals surface area contributed by atoms with Crippen molar-refractivity contribution in [2.75, 3.05) is 6.54 Å². The average molecular weight is 265 g/mol. The summed E-state index contributed by atoms with van der Waals surface area (Å²) >= 11 is 0. The van der Waals surface area contributed by atoms with Gasteiger partial charge in [0.1, 0.15) is 0 Å². The molecule has 1 heterocycles. The molecule has 19 heavy (non-hydrogen) atoms. The highest BCUT2D eigenvalue weighted by Crippen LogP contribution is 2.40. The normalized spacial score (nSPS) is 43.9. The minimum absolute atomic E-state index is 0.313. The number of carbonyl (C=O) groups is 1. The second-order valence-electron chi connectivity index (χ2n) is 6.91. The Morgan fingerprint density at radius 3 is 2.58 bits per heavy atom. The summed E-state index contributed by atoms with van der Waals surface area (Å²) in [4.78, 5) is 14.2. The van der Waals surface area contributed by atoms with E-state index >= 15 is 0 Å². The van der Waals surface area contributed by atoms with Gasteiger partial charge < -0.3 is 11.5 Å². The number of nitrogens with two attached hydrogens (primary N) is 2. The Bertz CT molecular complexity index is 357. The third kappa shape index (κ3) is 2.40. The highest BCUT2D eigenvalue weighted by atomic mass is 16.1. The number of hydrogen-bond donors (Lipinski definition) is 2. The van der Waals surface area contributed by atoms with Crippen molar-refractivity contribution in [3.63, 3.8) is 0 Å². The maximum atomic E-state index is 11.5. The van der Waals surface area contributed by atoms with E-state index in [4.69, 9.17) is 11.5 Å². The molecule has 3 fully saturated rings. The van der Waals surface area contributed by atoms with Crippen molar-refractivity contribution in [1.29, 1.82) is 0 Å². The SMILES string of the molecule is NC(=O)C1(N)CCC(N2CCCC3CCCCC32)C1. The average Bonchev–Trinajstić information content (AvgIpc) is 2.82. The van der Waals surface area contributed by atoms with Crippen LogP contribution in [0.4, 0.5) is 0 Å². The maximum Gasteiger partial charge on any atom is 0.237 e. The summed E-state index contributed by atoms with van der Waals surface area (Å²) in [5, 5.41) is 0. The molecular formula is C15H27N3O. The molecule has 2 aliphatic carbocycles. The van der Waals surface area contributed by atoms with E-state index in [0.717, 1.165) is 31.2 Å². The van der Waals surface area contributed by atoms with Gasteiger partial charge >= 0.3 is 0 Å². The van der Waals surface area contributed by atoms with Crippen molar-refractivity contribution >= 4 is 5.91 Å². The minimum atomic E-state index is -0.744. The molecule has 3 rings (SSSR count). The van der Waals surface area contributed by atoms with E-state index in [2.05, 4.69) is 4.90 Å². The second-order valence-corrected chi connectivity index (χ2v) is 6.91.